The minimum absolute atomic E-state index is 0.0378. The Labute approximate surface area is 157 Å². The zero-order valence-corrected chi connectivity index (χ0v) is 15.5. The number of nitrogens with zero attached hydrogens (tertiary/aromatic N) is 2. The molecule has 0 unspecified atom stereocenters. The van der Waals surface area contributed by atoms with Crippen LogP contribution < -0.4 is 16.0 Å². The van der Waals surface area contributed by atoms with Gasteiger partial charge in [0.25, 0.3) is 5.91 Å². The van der Waals surface area contributed by atoms with Crippen LogP contribution in [0.25, 0.3) is 0 Å². The second kappa shape index (κ2) is 7.88. The van der Waals surface area contributed by atoms with Crippen LogP contribution in [-0.2, 0) is 11.8 Å². The molecule has 3 N–H and O–H groups in total. The number of aryl methyl sites for hydroxylation is 1. The van der Waals surface area contributed by atoms with E-state index < -0.39 is 0 Å². The van der Waals surface area contributed by atoms with Crippen LogP contribution in [0.4, 0.5) is 5.69 Å². The first kappa shape index (κ1) is 18.4. The minimum atomic E-state index is -0.250. The van der Waals surface area contributed by atoms with Gasteiger partial charge in [0.15, 0.2) is 0 Å². The third-order valence-corrected chi connectivity index (χ3v) is 4.76. The number of hydrogen-bond acceptors (Lipinski definition) is 4. The average Bonchev–Trinajstić information content (AvgIpc) is 3.23. The molecule has 2 aromatic rings. The van der Waals surface area contributed by atoms with Crippen molar-refractivity contribution in [2.75, 3.05) is 25.0 Å². The third kappa shape index (κ3) is 3.89. The Morgan fingerprint density at radius 2 is 2.19 bits per heavy atom. The van der Waals surface area contributed by atoms with Crippen LogP contribution in [0.2, 0.25) is 5.02 Å². The lowest BCUT2D eigenvalue weighted by molar-refractivity contribution is -0.119. The number of rotatable bonds is 5. The summed E-state index contributed by atoms with van der Waals surface area (Å²) in [6, 6.07) is 4.86. The van der Waals surface area contributed by atoms with Gasteiger partial charge in [-0.05, 0) is 30.7 Å². The summed E-state index contributed by atoms with van der Waals surface area (Å²) in [5.41, 5.74) is 1.84. The van der Waals surface area contributed by atoms with E-state index in [0.29, 0.717) is 35.9 Å². The number of benzene rings is 1. The number of aromatic nitrogens is 2. The van der Waals surface area contributed by atoms with Crippen LogP contribution in [0.5, 0.6) is 0 Å². The molecule has 1 aromatic heterocycles. The summed E-state index contributed by atoms with van der Waals surface area (Å²) in [6.07, 6.45) is 3.72. The molecule has 0 aliphatic carbocycles. The molecule has 2 heterocycles. The zero-order chi connectivity index (χ0) is 18.7. The Bertz CT molecular complexity index is 820. The summed E-state index contributed by atoms with van der Waals surface area (Å²) in [4.78, 5) is 25.1. The molecule has 8 heteroatoms. The van der Waals surface area contributed by atoms with Crippen molar-refractivity contribution in [3.63, 3.8) is 0 Å². The zero-order valence-electron chi connectivity index (χ0n) is 14.8. The van der Waals surface area contributed by atoms with E-state index >= 15 is 0 Å². The molecule has 0 bridgehead atoms. The van der Waals surface area contributed by atoms with Crippen LogP contribution in [0.1, 0.15) is 28.8 Å². The topological polar surface area (TPSA) is 88.1 Å². The number of amides is 2. The van der Waals surface area contributed by atoms with Crippen molar-refractivity contribution in [3.8, 4) is 0 Å². The van der Waals surface area contributed by atoms with Gasteiger partial charge in [0.1, 0.15) is 0 Å². The van der Waals surface area contributed by atoms with Crippen molar-refractivity contribution in [1.29, 1.82) is 0 Å². The van der Waals surface area contributed by atoms with Crippen LogP contribution in [0, 0.1) is 5.92 Å². The van der Waals surface area contributed by atoms with E-state index in [9.17, 15) is 9.59 Å². The summed E-state index contributed by atoms with van der Waals surface area (Å²) in [7, 11) is 1.85. The van der Waals surface area contributed by atoms with Crippen LogP contribution >= 0.6 is 11.6 Å². The van der Waals surface area contributed by atoms with Gasteiger partial charge in [-0.15, -0.1) is 0 Å². The molecule has 1 fully saturated rings. The van der Waals surface area contributed by atoms with Gasteiger partial charge >= 0.3 is 0 Å². The van der Waals surface area contributed by atoms with E-state index in [4.69, 9.17) is 11.6 Å². The molecule has 26 heavy (non-hydrogen) atoms. The van der Waals surface area contributed by atoms with E-state index in [1.807, 2.05) is 20.2 Å². The molecular weight excluding hydrogens is 354 g/mol. The second-order valence-corrected chi connectivity index (χ2v) is 6.79. The standard InChI is InChI=1S/C18H22ClN5O2/c1-3-21-17(25)13-5-4-12(19)6-16(13)23-18(26)15-9-20-8-14(15)11-7-22-24(2)10-11/h4-7,10,14-15,20H,3,8-9H2,1-2H3,(H,21,25)(H,23,26)/t14-,15+/m1/s1. The Kier molecular flexibility index (Phi) is 5.58. The molecule has 0 spiro atoms. The van der Waals surface area contributed by atoms with Crippen molar-refractivity contribution in [2.24, 2.45) is 13.0 Å². The fourth-order valence-electron chi connectivity index (χ4n) is 3.24. The third-order valence-electron chi connectivity index (χ3n) is 4.53. The highest BCUT2D eigenvalue weighted by molar-refractivity contribution is 6.31. The van der Waals surface area contributed by atoms with Gasteiger partial charge in [0.05, 0.1) is 23.4 Å². The van der Waals surface area contributed by atoms with Crippen LogP contribution in [0.15, 0.2) is 30.6 Å². The molecular formula is C18H22ClN5O2. The molecule has 2 atom stereocenters. The Morgan fingerprint density at radius 3 is 2.88 bits per heavy atom. The summed E-state index contributed by atoms with van der Waals surface area (Å²) in [5, 5.41) is 13.6. The SMILES string of the molecule is CCNC(=O)c1ccc(Cl)cc1NC(=O)[C@H]1CNC[C@@H]1c1cnn(C)c1. The molecule has 1 aromatic carbocycles. The van der Waals surface area contributed by atoms with Crippen LogP contribution in [-0.4, -0.2) is 41.2 Å². The number of hydrogen-bond donors (Lipinski definition) is 3. The predicted octanol–water partition coefficient (Wildman–Crippen LogP) is 1.76. The fraction of sp³-hybridized carbons (Fsp3) is 0.389. The van der Waals surface area contributed by atoms with E-state index in [1.165, 1.54) is 0 Å². The van der Waals surface area contributed by atoms with Crippen LogP contribution in [0.3, 0.4) is 0 Å². The van der Waals surface area contributed by atoms with E-state index in [1.54, 1.807) is 29.1 Å². The smallest absolute Gasteiger partial charge is 0.253 e. The van der Waals surface area contributed by atoms with Crippen molar-refractivity contribution < 1.29 is 9.59 Å². The maximum Gasteiger partial charge on any atom is 0.253 e. The van der Waals surface area contributed by atoms with Gasteiger partial charge in [-0.2, -0.15) is 5.10 Å². The molecule has 2 amide bonds. The number of carbonyl (C=O) groups is 2. The Hall–Kier alpha value is -2.38. The van der Waals surface area contributed by atoms with E-state index in [0.717, 1.165) is 5.56 Å². The number of halogens is 1. The molecule has 0 saturated carbocycles. The first-order valence-electron chi connectivity index (χ1n) is 8.57. The molecule has 1 aliphatic heterocycles. The maximum absolute atomic E-state index is 12.9. The highest BCUT2D eigenvalue weighted by Gasteiger charge is 2.35. The van der Waals surface area contributed by atoms with E-state index in [-0.39, 0.29) is 23.7 Å². The van der Waals surface area contributed by atoms with Gasteiger partial charge in [0.2, 0.25) is 5.91 Å². The number of carbonyl (C=O) groups excluding carboxylic acids is 2. The number of anilines is 1. The lowest BCUT2D eigenvalue weighted by atomic mass is 9.90. The Balaban J connectivity index is 1.81. The quantitative estimate of drug-likeness (QED) is 0.743. The highest BCUT2D eigenvalue weighted by Crippen LogP contribution is 2.30. The monoisotopic (exact) mass is 375 g/mol. The van der Waals surface area contributed by atoms with Gasteiger partial charge in [-0.1, -0.05) is 11.6 Å². The fourth-order valence-corrected chi connectivity index (χ4v) is 3.41. The van der Waals surface area contributed by atoms with Crippen molar-refractivity contribution in [1.82, 2.24) is 20.4 Å². The lowest BCUT2D eigenvalue weighted by Gasteiger charge is -2.18. The first-order valence-corrected chi connectivity index (χ1v) is 8.95. The van der Waals surface area contributed by atoms with Crippen molar-refractivity contribution >= 4 is 29.1 Å². The summed E-state index contributed by atoms with van der Waals surface area (Å²) >= 11 is 6.06. The van der Waals surface area contributed by atoms with E-state index in [2.05, 4.69) is 21.0 Å². The molecule has 3 rings (SSSR count). The van der Waals surface area contributed by atoms with Gasteiger partial charge in [-0.3, -0.25) is 14.3 Å². The van der Waals surface area contributed by atoms with Gasteiger partial charge < -0.3 is 16.0 Å². The molecule has 1 saturated heterocycles. The maximum atomic E-state index is 12.9. The molecule has 138 valence electrons. The average molecular weight is 376 g/mol. The molecule has 0 radical (unpaired) electrons. The summed E-state index contributed by atoms with van der Waals surface area (Å²) in [5.74, 6) is -0.597. The second-order valence-electron chi connectivity index (χ2n) is 6.36. The minimum Gasteiger partial charge on any atom is -0.352 e. The lowest BCUT2D eigenvalue weighted by Crippen LogP contribution is -2.30. The normalized spacial score (nSPS) is 19.3. The summed E-state index contributed by atoms with van der Waals surface area (Å²) < 4.78 is 1.73. The molecule has 7 nitrogen and oxygen atoms in total. The first-order chi connectivity index (χ1) is 12.5. The summed E-state index contributed by atoms with van der Waals surface area (Å²) in [6.45, 7) is 3.63. The number of nitrogens with one attached hydrogen (secondary N) is 3. The Morgan fingerprint density at radius 1 is 1.38 bits per heavy atom. The largest absolute Gasteiger partial charge is 0.352 e. The van der Waals surface area contributed by atoms with Crippen molar-refractivity contribution in [3.05, 3.63) is 46.7 Å². The molecule has 1 aliphatic rings. The van der Waals surface area contributed by atoms with Gasteiger partial charge in [0, 0.05) is 43.8 Å². The van der Waals surface area contributed by atoms with Gasteiger partial charge in [-0.25, -0.2) is 0 Å². The predicted molar refractivity (Wildman–Crippen MR) is 100 cm³/mol. The van der Waals surface area contributed by atoms with Crippen molar-refractivity contribution in [2.45, 2.75) is 12.8 Å². The highest BCUT2D eigenvalue weighted by atomic mass is 35.5.